The summed E-state index contributed by atoms with van der Waals surface area (Å²) in [6.07, 6.45) is -0.0553. The number of halogens is 2. The molecule has 1 unspecified atom stereocenters. The second-order valence-corrected chi connectivity index (χ2v) is 4.97. The highest BCUT2D eigenvalue weighted by Gasteiger charge is 2.27. The lowest BCUT2D eigenvalue weighted by molar-refractivity contribution is -0.124. The molecule has 0 aromatic heterocycles. The molecular weight excluding hydrogens is 250 g/mol. The lowest BCUT2D eigenvalue weighted by Gasteiger charge is -2.15. The number of carbonyl (C=O) groups excluding carboxylic acids is 1. The minimum absolute atomic E-state index is 0.0177. The molecule has 1 aromatic carbocycles. The number of benzene rings is 1. The standard InChI is InChI=1S/C14H18F2N2O/c15-13(16)10-3-1-2-9(6-10)7-11(8-17)14(19)18-12-4-5-12/h1-3,6,11-13H,4-5,7-8,17H2,(H,18,19). The van der Waals surface area contributed by atoms with Crippen LogP contribution in [0.5, 0.6) is 0 Å². The van der Waals surface area contributed by atoms with E-state index in [4.69, 9.17) is 5.73 Å². The molecule has 104 valence electrons. The Kier molecular flexibility index (Phi) is 4.47. The number of amides is 1. The zero-order valence-electron chi connectivity index (χ0n) is 10.6. The van der Waals surface area contributed by atoms with Crippen molar-refractivity contribution in [1.29, 1.82) is 0 Å². The lowest BCUT2D eigenvalue weighted by atomic mass is 9.97. The number of carbonyl (C=O) groups is 1. The summed E-state index contributed by atoms with van der Waals surface area (Å²) in [6.45, 7) is 0.220. The molecule has 0 heterocycles. The van der Waals surface area contributed by atoms with Crippen molar-refractivity contribution in [1.82, 2.24) is 5.32 Å². The van der Waals surface area contributed by atoms with Crippen LogP contribution < -0.4 is 11.1 Å². The fraction of sp³-hybridized carbons (Fsp3) is 0.500. The predicted octanol–water partition coefficient (Wildman–Crippen LogP) is 2.02. The van der Waals surface area contributed by atoms with E-state index in [2.05, 4.69) is 5.32 Å². The van der Waals surface area contributed by atoms with Crippen molar-refractivity contribution in [3.63, 3.8) is 0 Å². The molecule has 2 rings (SSSR count). The maximum absolute atomic E-state index is 12.6. The van der Waals surface area contributed by atoms with Crippen LogP contribution in [-0.4, -0.2) is 18.5 Å². The summed E-state index contributed by atoms with van der Waals surface area (Å²) in [6, 6.07) is 6.45. The molecule has 3 nitrogen and oxygen atoms in total. The average molecular weight is 268 g/mol. The van der Waals surface area contributed by atoms with Crippen molar-refractivity contribution in [3.05, 3.63) is 35.4 Å². The van der Waals surface area contributed by atoms with Gasteiger partial charge in [0.2, 0.25) is 5.91 Å². The van der Waals surface area contributed by atoms with Crippen molar-refractivity contribution in [2.45, 2.75) is 31.7 Å². The highest BCUT2D eigenvalue weighted by Crippen LogP contribution is 2.22. The third-order valence-electron chi connectivity index (χ3n) is 3.26. The summed E-state index contributed by atoms with van der Waals surface area (Å²) in [5.74, 6) is -0.430. The van der Waals surface area contributed by atoms with E-state index in [1.54, 1.807) is 12.1 Å². The van der Waals surface area contributed by atoms with Crippen LogP contribution in [0.3, 0.4) is 0 Å². The Morgan fingerprint density at radius 2 is 2.16 bits per heavy atom. The Balaban J connectivity index is 2.00. The highest BCUT2D eigenvalue weighted by molar-refractivity contribution is 5.79. The summed E-state index contributed by atoms with van der Waals surface area (Å²) < 4.78 is 25.2. The number of nitrogens with one attached hydrogen (secondary N) is 1. The van der Waals surface area contributed by atoms with E-state index in [9.17, 15) is 13.6 Å². The van der Waals surface area contributed by atoms with Crippen molar-refractivity contribution in [2.24, 2.45) is 11.7 Å². The van der Waals surface area contributed by atoms with Gasteiger partial charge in [-0.2, -0.15) is 0 Å². The molecule has 0 saturated heterocycles. The van der Waals surface area contributed by atoms with Crippen molar-refractivity contribution in [3.8, 4) is 0 Å². The van der Waals surface area contributed by atoms with E-state index in [0.29, 0.717) is 6.42 Å². The molecule has 3 N–H and O–H groups in total. The van der Waals surface area contributed by atoms with Crippen LogP contribution in [0.25, 0.3) is 0 Å². The maximum Gasteiger partial charge on any atom is 0.263 e. The van der Waals surface area contributed by atoms with Gasteiger partial charge in [0.1, 0.15) is 0 Å². The van der Waals surface area contributed by atoms with Gasteiger partial charge in [0.25, 0.3) is 6.43 Å². The number of hydrogen-bond acceptors (Lipinski definition) is 2. The first-order chi connectivity index (χ1) is 9.10. The topological polar surface area (TPSA) is 55.1 Å². The molecular formula is C14H18F2N2O. The van der Waals surface area contributed by atoms with Gasteiger partial charge in [-0.25, -0.2) is 8.78 Å². The van der Waals surface area contributed by atoms with Crippen LogP contribution in [0.15, 0.2) is 24.3 Å². The molecule has 0 spiro atoms. The SMILES string of the molecule is NCC(Cc1cccc(C(F)F)c1)C(=O)NC1CC1. The van der Waals surface area contributed by atoms with Crippen LogP contribution in [0, 0.1) is 5.92 Å². The van der Waals surface area contributed by atoms with Gasteiger partial charge < -0.3 is 11.1 Å². The van der Waals surface area contributed by atoms with E-state index in [1.165, 1.54) is 12.1 Å². The second kappa shape index (κ2) is 6.10. The van der Waals surface area contributed by atoms with E-state index in [1.807, 2.05) is 0 Å². The lowest BCUT2D eigenvalue weighted by Crippen LogP contribution is -2.37. The fourth-order valence-corrected chi connectivity index (χ4v) is 1.97. The van der Waals surface area contributed by atoms with Crippen LogP contribution in [-0.2, 0) is 11.2 Å². The number of alkyl halides is 2. The molecule has 0 aliphatic heterocycles. The third-order valence-corrected chi connectivity index (χ3v) is 3.26. The molecule has 1 aliphatic carbocycles. The third kappa shape index (κ3) is 3.99. The van der Waals surface area contributed by atoms with Crippen molar-refractivity contribution in [2.75, 3.05) is 6.54 Å². The van der Waals surface area contributed by atoms with Crippen LogP contribution in [0.4, 0.5) is 8.78 Å². The Hall–Kier alpha value is -1.49. The van der Waals surface area contributed by atoms with Gasteiger partial charge in [0.15, 0.2) is 0 Å². The van der Waals surface area contributed by atoms with Gasteiger partial charge >= 0.3 is 0 Å². The monoisotopic (exact) mass is 268 g/mol. The minimum atomic E-state index is -2.49. The summed E-state index contributed by atoms with van der Waals surface area (Å²) in [4.78, 5) is 11.9. The Labute approximate surface area is 111 Å². The number of hydrogen-bond donors (Lipinski definition) is 2. The van der Waals surface area contributed by atoms with Crippen molar-refractivity contribution < 1.29 is 13.6 Å². The second-order valence-electron chi connectivity index (χ2n) is 4.97. The van der Waals surface area contributed by atoms with Gasteiger partial charge in [-0.1, -0.05) is 24.3 Å². The molecule has 1 saturated carbocycles. The predicted molar refractivity (Wildman–Crippen MR) is 68.8 cm³/mol. The summed E-state index contributed by atoms with van der Waals surface area (Å²) in [7, 11) is 0. The van der Waals surface area contributed by atoms with E-state index < -0.39 is 6.43 Å². The van der Waals surface area contributed by atoms with E-state index in [0.717, 1.165) is 18.4 Å². The first-order valence-corrected chi connectivity index (χ1v) is 6.47. The summed E-state index contributed by atoms with van der Waals surface area (Å²) in [5, 5.41) is 2.90. The van der Waals surface area contributed by atoms with Crippen LogP contribution in [0.1, 0.15) is 30.4 Å². The zero-order chi connectivity index (χ0) is 13.8. The highest BCUT2D eigenvalue weighted by atomic mass is 19.3. The molecule has 1 fully saturated rings. The Morgan fingerprint density at radius 1 is 1.42 bits per heavy atom. The molecule has 1 atom stereocenters. The molecule has 0 radical (unpaired) electrons. The van der Waals surface area contributed by atoms with Gasteiger partial charge in [-0.3, -0.25) is 4.79 Å². The van der Waals surface area contributed by atoms with Gasteiger partial charge in [0, 0.05) is 18.2 Å². The minimum Gasteiger partial charge on any atom is -0.353 e. The summed E-state index contributed by atoms with van der Waals surface area (Å²) in [5.41, 5.74) is 6.31. The molecule has 1 aromatic rings. The van der Waals surface area contributed by atoms with Crippen LogP contribution in [0.2, 0.25) is 0 Å². The molecule has 0 bridgehead atoms. The van der Waals surface area contributed by atoms with E-state index >= 15 is 0 Å². The van der Waals surface area contributed by atoms with Gasteiger partial charge in [-0.15, -0.1) is 0 Å². The molecule has 1 aliphatic rings. The Bertz CT molecular complexity index is 447. The van der Waals surface area contributed by atoms with E-state index in [-0.39, 0.29) is 30.0 Å². The first-order valence-electron chi connectivity index (χ1n) is 6.47. The number of nitrogens with two attached hydrogens (primary N) is 1. The normalized spacial score (nSPS) is 16.4. The zero-order valence-corrected chi connectivity index (χ0v) is 10.6. The van der Waals surface area contributed by atoms with Gasteiger partial charge in [-0.05, 0) is 24.8 Å². The fourth-order valence-electron chi connectivity index (χ4n) is 1.97. The molecule has 5 heteroatoms. The average Bonchev–Trinajstić information content (AvgIpc) is 3.20. The smallest absolute Gasteiger partial charge is 0.263 e. The largest absolute Gasteiger partial charge is 0.353 e. The Morgan fingerprint density at radius 3 is 2.74 bits per heavy atom. The molecule has 19 heavy (non-hydrogen) atoms. The maximum atomic E-state index is 12.6. The van der Waals surface area contributed by atoms with Gasteiger partial charge in [0.05, 0.1) is 5.92 Å². The number of rotatable bonds is 6. The van der Waals surface area contributed by atoms with Crippen LogP contribution >= 0.6 is 0 Å². The van der Waals surface area contributed by atoms with Crippen molar-refractivity contribution >= 4 is 5.91 Å². The molecule has 1 amide bonds. The quantitative estimate of drug-likeness (QED) is 0.829. The summed E-state index contributed by atoms with van der Waals surface area (Å²) >= 11 is 0. The first kappa shape index (κ1) is 13.9.